The fourth-order valence-electron chi connectivity index (χ4n) is 3.61. The Morgan fingerprint density at radius 2 is 2.00 bits per heavy atom. The van der Waals surface area contributed by atoms with Crippen LogP contribution in [0.2, 0.25) is 0 Å². The smallest absolute Gasteiger partial charge is 0.139 e. The molecule has 0 radical (unpaired) electrons. The summed E-state index contributed by atoms with van der Waals surface area (Å²) in [5, 5.41) is 1.09. The highest BCUT2D eigenvalue weighted by molar-refractivity contribution is 5.89. The molecule has 4 heteroatoms. The molecule has 3 aromatic rings. The molecule has 0 saturated carbocycles. The van der Waals surface area contributed by atoms with Gasteiger partial charge in [0.1, 0.15) is 17.1 Å². The summed E-state index contributed by atoms with van der Waals surface area (Å²) in [6.07, 6.45) is 3.80. The van der Waals surface area contributed by atoms with Gasteiger partial charge >= 0.3 is 0 Å². The molecule has 1 aromatic heterocycles. The number of rotatable bonds is 7. The van der Waals surface area contributed by atoms with E-state index in [1.807, 2.05) is 24.4 Å². The van der Waals surface area contributed by atoms with Gasteiger partial charge in [0.25, 0.3) is 0 Å². The summed E-state index contributed by atoms with van der Waals surface area (Å²) in [5.41, 5.74) is 4.29. The minimum atomic E-state index is 0.325. The number of benzene rings is 2. The molecule has 1 aliphatic heterocycles. The van der Waals surface area contributed by atoms with Gasteiger partial charge < -0.3 is 13.9 Å². The fraction of sp³-hybridized carbons (Fsp3) is 0.375. The van der Waals surface area contributed by atoms with Gasteiger partial charge in [-0.2, -0.15) is 0 Å². The van der Waals surface area contributed by atoms with Crippen LogP contribution in [0.3, 0.4) is 0 Å². The average Bonchev–Trinajstić information content (AvgIpc) is 3.14. The van der Waals surface area contributed by atoms with E-state index in [0.29, 0.717) is 25.2 Å². The molecule has 2 aromatic carbocycles. The van der Waals surface area contributed by atoms with Crippen molar-refractivity contribution in [2.75, 3.05) is 20.3 Å². The Hall–Kier alpha value is -2.59. The normalized spacial score (nSPS) is 15.9. The van der Waals surface area contributed by atoms with E-state index in [4.69, 9.17) is 18.9 Å². The second kappa shape index (κ2) is 8.19. The number of furan rings is 1. The first-order valence-electron chi connectivity index (χ1n) is 9.96. The van der Waals surface area contributed by atoms with Crippen LogP contribution in [0.1, 0.15) is 31.4 Å². The maximum atomic E-state index is 6.17. The van der Waals surface area contributed by atoms with Crippen LogP contribution in [0, 0.1) is 5.92 Å². The van der Waals surface area contributed by atoms with Crippen molar-refractivity contribution in [2.24, 2.45) is 10.9 Å². The van der Waals surface area contributed by atoms with Crippen molar-refractivity contribution in [1.82, 2.24) is 0 Å². The Morgan fingerprint density at radius 3 is 2.79 bits per heavy atom. The molecule has 146 valence electrons. The van der Waals surface area contributed by atoms with Crippen molar-refractivity contribution in [3.63, 3.8) is 0 Å². The number of hydrogen-bond donors (Lipinski definition) is 0. The van der Waals surface area contributed by atoms with Crippen molar-refractivity contribution in [3.05, 3.63) is 53.6 Å². The van der Waals surface area contributed by atoms with Crippen molar-refractivity contribution >= 4 is 17.2 Å². The molecule has 1 aliphatic rings. The van der Waals surface area contributed by atoms with E-state index in [1.54, 1.807) is 7.11 Å². The van der Waals surface area contributed by atoms with Gasteiger partial charge in [0.2, 0.25) is 0 Å². The minimum absolute atomic E-state index is 0.325. The number of methoxy groups -OCH3 is 1. The van der Waals surface area contributed by atoms with Gasteiger partial charge in [-0.25, -0.2) is 0 Å². The quantitative estimate of drug-likeness (QED) is 0.510. The van der Waals surface area contributed by atoms with E-state index in [-0.39, 0.29) is 0 Å². The molecule has 4 nitrogen and oxygen atoms in total. The molecule has 0 aliphatic carbocycles. The van der Waals surface area contributed by atoms with Crippen LogP contribution >= 0.6 is 0 Å². The summed E-state index contributed by atoms with van der Waals surface area (Å²) in [7, 11) is 1.71. The van der Waals surface area contributed by atoms with Crippen LogP contribution in [0.4, 0.5) is 0 Å². The Morgan fingerprint density at radius 1 is 1.14 bits per heavy atom. The molecule has 28 heavy (non-hydrogen) atoms. The molecule has 0 N–H and O–H groups in total. The maximum absolute atomic E-state index is 6.17. The lowest BCUT2D eigenvalue weighted by atomic mass is 9.90. The third-order valence-corrected chi connectivity index (χ3v) is 5.29. The van der Waals surface area contributed by atoms with E-state index in [2.05, 4.69) is 38.1 Å². The number of ether oxygens (including phenoxy) is 2. The summed E-state index contributed by atoms with van der Waals surface area (Å²) in [6, 6.07) is 14.8. The molecule has 1 unspecified atom stereocenters. The van der Waals surface area contributed by atoms with Gasteiger partial charge in [0.05, 0.1) is 18.2 Å². The first-order chi connectivity index (χ1) is 13.7. The van der Waals surface area contributed by atoms with Crippen LogP contribution in [-0.4, -0.2) is 32.6 Å². The van der Waals surface area contributed by atoms with Gasteiger partial charge in [-0.05, 0) is 47.7 Å². The number of para-hydroxylation sites is 1. The second-order valence-corrected chi connectivity index (χ2v) is 7.68. The second-order valence-electron chi connectivity index (χ2n) is 7.68. The monoisotopic (exact) mass is 377 g/mol. The predicted octanol–water partition coefficient (Wildman–Crippen LogP) is 5.51. The largest absolute Gasteiger partial charge is 0.493 e. The lowest BCUT2D eigenvalue weighted by Gasteiger charge is -2.23. The predicted molar refractivity (Wildman–Crippen MR) is 114 cm³/mol. The highest BCUT2D eigenvalue weighted by atomic mass is 16.5. The summed E-state index contributed by atoms with van der Waals surface area (Å²) in [6.45, 7) is 5.74. The van der Waals surface area contributed by atoms with Crippen molar-refractivity contribution < 1.29 is 13.9 Å². The highest BCUT2D eigenvalue weighted by Crippen LogP contribution is 2.37. The van der Waals surface area contributed by atoms with Gasteiger partial charge in [-0.3, -0.25) is 4.99 Å². The standard InChI is InChI=1S/C24H27NO3/c1-16(2)21-12-18-14-23(27-10-6-9-26-3)20(11-19(18)15-25-21)24-13-17-7-4-5-8-22(17)28-24/h4-5,7-8,11,13-16,21H,6,9-10,12H2,1-3H3. The number of fused-ring (bicyclic) bond motifs is 2. The van der Waals surface area contributed by atoms with Gasteiger partial charge in [0.15, 0.2) is 0 Å². The van der Waals surface area contributed by atoms with Crippen LogP contribution in [0.15, 0.2) is 51.9 Å². The molecule has 4 rings (SSSR count). The van der Waals surface area contributed by atoms with Crippen molar-refractivity contribution in [1.29, 1.82) is 0 Å². The number of nitrogens with zero attached hydrogens (tertiary/aromatic N) is 1. The lowest BCUT2D eigenvalue weighted by molar-refractivity contribution is 0.172. The number of aliphatic imine (C=N–C) groups is 1. The van der Waals surface area contributed by atoms with Crippen LogP contribution in [0.25, 0.3) is 22.3 Å². The van der Waals surface area contributed by atoms with Gasteiger partial charge in [-0.15, -0.1) is 0 Å². The topological polar surface area (TPSA) is 44.0 Å². The van der Waals surface area contributed by atoms with Crippen LogP contribution in [-0.2, 0) is 11.2 Å². The summed E-state index contributed by atoms with van der Waals surface area (Å²) < 4.78 is 17.4. The van der Waals surface area contributed by atoms with Crippen LogP contribution in [0.5, 0.6) is 5.75 Å². The van der Waals surface area contributed by atoms with Crippen molar-refractivity contribution in [3.8, 4) is 17.1 Å². The summed E-state index contributed by atoms with van der Waals surface area (Å²) in [4.78, 5) is 4.75. The molecular weight excluding hydrogens is 350 g/mol. The third-order valence-electron chi connectivity index (χ3n) is 5.29. The molecule has 0 bridgehead atoms. The van der Waals surface area contributed by atoms with E-state index in [0.717, 1.165) is 46.4 Å². The van der Waals surface area contributed by atoms with Crippen LogP contribution < -0.4 is 4.74 Å². The minimum Gasteiger partial charge on any atom is -0.493 e. The Bertz CT molecular complexity index is 954. The average molecular weight is 377 g/mol. The zero-order chi connectivity index (χ0) is 19.5. The molecular formula is C24H27NO3. The molecule has 2 heterocycles. The number of hydrogen-bond acceptors (Lipinski definition) is 4. The Labute approximate surface area is 166 Å². The summed E-state index contributed by atoms with van der Waals surface area (Å²) in [5.74, 6) is 2.21. The summed E-state index contributed by atoms with van der Waals surface area (Å²) >= 11 is 0. The maximum Gasteiger partial charge on any atom is 0.139 e. The molecule has 0 amide bonds. The Balaban J connectivity index is 1.73. The molecule has 0 saturated heterocycles. The first kappa shape index (κ1) is 18.8. The van der Waals surface area contributed by atoms with Crippen molar-refractivity contribution in [2.45, 2.75) is 32.7 Å². The van der Waals surface area contributed by atoms with E-state index in [1.165, 1.54) is 5.56 Å². The molecule has 1 atom stereocenters. The van der Waals surface area contributed by atoms with Gasteiger partial charge in [-0.1, -0.05) is 32.0 Å². The third kappa shape index (κ3) is 3.83. The van der Waals surface area contributed by atoms with Gasteiger partial charge in [0, 0.05) is 31.7 Å². The lowest BCUT2D eigenvalue weighted by Crippen LogP contribution is -2.21. The highest BCUT2D eigenvalue weighted by Gasteiger charge is 2.22. The van der Waals surface area contributed by atoms with E-state index >= 15 is 0 Å². The SMILES string of the molecule is COCCCOc1cc2c(cc1-c1cc3ccccc3o1)C=NC(C(C)C)C2. The molecule has 0 fully saturated rings. The fourth-order valence-corrected chi connectivity index (χ4v) is 3.61. The molecule has 0 spiro atoms. The van der Waals surface area contributed by atoms with E-state index < -0.39 is 0 Å². The Kier molecular flexibility index (Phi) is 5.49. The van der Waals surface area contributed by atoms with E-state index in [9.17, 15) is 0 Å². The zero-order valence-corrected chi connectivity index (χ0v) is 16.8. The zero-order valence-electron chi connectivity index (χ0n) is 16.8. The first-order valence-corrected chi connectivity index (χ1v) is 9.96.